The summed E-state index contributed by atoms with van der Waals surface area (Å²) in [6.07, 6.45) is 6.94. The van der Waals surface area contributed by atoms with Crippen LogP contribution in [0.2, 0.25) is 0 Å². The van der Waals surface area contributed by atoms with E-state index in [2.05, 4.69) is 32.7 Å². The van der Waals surface area contributed by atoms with E-state index < -0.39 is 0 Å². The molecule has 13 heavy (non-hydrogen) atoms. The second kappa shape index (κ2) is 4.45. The minimum Gasteiger partial charge on any atom is -0.303 e. The average molecular weight is 183 g/mol. The van der Waals surface area contributed by atoms with Crippen LogP contribution in [0.25, 0.3) is 0 Å². The average Bonchev–Trinajstić information content (AvgIpc) is 2.09. The summed E-state index contributed by atoms with van der Waals surface area (Å²) < 4.78 is 0. The summed E-state index contributed by atoms with van der Waals surface area (Å²) in [5.41, 5.74) is 0.538. The van der Waals surface area contributed by atoms with Crippen molar-refractivity contribution in [3.05, 3.63) is 0 Å². The third kappa shape index (κ3) is 3.30. The molecule has 1 aliphatic heterocycles. The molecule has 1 unspecified atom stereocenters. The van der Waals surface area contributed by atoms with Gasteiger partial charge in [-0.1, -0.05) is 33.6 Å². The lowest BCUT2D eigenvalue weighted by Gasteiger charge is -2.37. The monoisotopic (exact) mass is 183 g/mol. The van der Waals surface area contributed by atoms with E-state index in [1.54, 1.807) is 0 Å². The van der Waals surface area contributed by atoms with Crippen molar-refractivity contribution in [1.82, 2.24) is 4.90 Å². The number of nitrogens with zero attached hydrogens (tertiary/aromatic N) is 1. The van der Waals surface area contributed by atoms with E-state index in [0.717, 1.165) is 6.04 Å². The van der Waals surface area contributed by atoms with Gasteiger partial charge in [0.25, 0.3) is 0 Å². The second-order valence-corrected chi connectivity index (χ2v) is 5.35. The summed E-state index contributed by atoms with van der Waals surface area (Å²) in [4.78, 5) is 2.56. The zero-order valence-electron chi connectivity index (χ0n) is 9.77. The lowest BCUT2D eigenvalue weighted by molar-refractivity contribution is 0.129. The maximum absolute atomic E-state index is 2.56. The molecule has 1 heterocycles. The maximum Gasteiger partial charge on any atom is 0.00972 e. The molecule has 0 saturated carbocycles. The fourth-order valence-corrected chi connectivity index (χ4v) is 2.18. The van der Waals surface area contributed by atoms with E-state index >= 15 is 0 Å². The Labute approximate surface area is 83.5 Å². The zero-order chi connectivity index (χ0) is 9.90. The van der Waals surface area contributed by atoms with Gasteiger partial charge in [0, 0.05) is 6.04 Å². The highest BCUT2D eigenvalue weighted by Crippen LogP contribution is 2.31. The summed E-state index contributed by atoms with van der Waals surface area (Å²) in [5.74, 6) is 0. The van der Waals surface area contributed by atoms with Gasteiger partial charge in [-0.3, -0.25) is 0 Å². The summed E-state index contributed by atoms with van der Waals surface area (Å²) >= 11 is 0. The van der Waals surface area contributed by atoms with Crippen LogP contribution in [0.4, 0.5) is 0 Å². The van der Waals surface area contributed by atoms with Gasteiger partial charge in [-0.2, -0.15) is 0 Å². The largest absolute Gasteiger partial charge is 0.303 e. The molecule has 0 radical (unpaired) electrons. The third-order valence-corrected chi connectivity index (χ3v) is 3.67. The van der Waals surface area contributed by atoms with Crippen LogP contribution in [-0.4, -0.2) is 24.5 Å². The first-order valence-corrected chi connectivity index (χ1v) is 5.75. The van der Waals surface area contributed by atoms with Crippen LogP contribution in [0.5, 0.6) is 0 Å². The number of likely N-dealkylation sites (tertiary alicyclic amines) is 1. The van der Waals surface area contributed by atoms with Gasteiger partial charge in [0.15, 0.2) is 0 Å². The minimum atomic E-state index is 0.538. The first kappa shape index (κ1) is 11.0. The van der Waals surface area contributed by atoms with Gasteiger partial charge < -0.3 is 4.90 Å². The third-order valence-electron chi connectivity index (χ3n) is 3.67. The Hall–Kier alpha value is -0.0400. The van der Waals surface area contributed by atoms with Crippen molar-refractivity contribution in [2.75, 3.05) is 13.6 Å². The first-order valence-electron chi connectivity index (χ1n) is 5.75. The van der Waals surface area contributed by atoms with Gasteiger partial charge in [0.1, 0.15) is 0 Å². The molecule has 0 amide bonds. The van der Waals surface area contributed by atoms with Gasteiger partial charge in [-0.05, 0) is 38.3 Å². The lowest BCUT2D eigenvalue weighted by atomic mass is 9.81. The van der Waals surface area contributed by atoms with E-state index in [1.807, 2.05) is 0 Å². The van der Waals surface area contributed by atoms with Gasteiger partial charge in [-0.25, -0.2) is 0 Å². The van der Waals surface area contributed by atoms with Gasteiger partial charge in [0.05, 0.1) is 0 Å². The van der Waals surface area contributed by atoms with Crippen LogP contribution in [0.1, 0.15) is 52.9 Å². The maximum atomic E-state index is 2.56. The Morgan fingerprint density at radius 2 is 2.00 bits per heavy atom. The molecular weight excluding hydrogens is 158 g/mol. The van der Waals surface area contributed by atoms with E-state index in [1.165, 1.54) is 38.6 Å². The molecule has 1 atom stereocenters. The Kier molecular flexibility index (Phi) is 3.78. The van der Waals surface area contributed by atoms with Crippen molar-refractivity contribution in [2.24, 2.45) is 5.41 Å². The fourth-order valence-electron chi connectivity index (χ4n) is 2.18. The molecule has 0 spiro atoms. The fraction of sp³-hybridized carbons (Fsp3) is 1.00. The molecule has 1 heteroatoms. The highest BCUT2D eigenvalue weighted by atomic mass is 15.1. The molecule has 1 rings (SSSR count). The minimum absolute atomic E-state index is 0.538. The van der Waals surface area contributed by atoms with Crippen LogP contribution >= 0.6 is 0 Å². The molecule has 0 aliphatic carbocycles. The lowest BCUT2D eigenvalue weighted by Crippen LogP contribution is -2.39. The smallest absolute Gasteiger partial charge is 0.00972 e. The molecule has 0 N–H and O–H groups in total. The molecule has 0 aromatic rings. The summed E-state index contributed by atoms with van der Waals surface area (Å²) in [6, 6.07) is 0.851. The Bertz CT molecular complexity index is 151. The molecule has 1 aliphatic rings. The van der Waals surface area contributed by atoms with Crippen molar-refractivity contribution in [1.29, 1.82) is 0 Å². The normalized spacial score (nSPS) is 26.3. The van der Waals surface area contributed by atoms with E-state index in [-0.39, 0.29) is 0 Å². The van der Waals surface area contributed by atoms with Crippen molar-refractivity contribution < 1.29 is 0 Å². The Balaban J connectivity index is 2.42. The molecule has 1 fully saturated rings. The quantitative estimate of drug-likeness (QED) is 0.649. The van der Waals surface area contributed by atoms with Gasteiger partial charge in [0.2, 0.25) is 0 Å². The highest BCUT2D eigenvalue weighted by Gasteiger charge is 2.25. The van der Waals surface area contributed by atoms with Crippen LogP contribution in [0.15, 0.2) is 0 Å². The second-order valence-electron chi connectivity index (χ2n) is 5.35. The molecule has 0 bridgehead atoms. The topological polar surface area (TPSA) is 3.24 Å². The van der Waals surface area contributed by atoms with E-state index in [4.69, 9.17) is 0 Å². The predicted molar refractivity (Wildman–Crippen MR) is 59.0 cm³/mol. The molecule has 1 saturated heterocycles. The number of piperidine rings is 1. The van der Waals surface area contributed by atoms with Crippen LogP contribution < -0.4 is 0 Å². The van der Waals surface area contributed by atoms with Gasteiger partial charge >= 0.3 is 0 Å². The molecule has 0 aromatic carbocycles. The zero-order valence-corrected chi connectivity index (χ0v) is 9.77. The Morgan fingerprint density at radius 3 is 2.54 bits per heavy atom. The van der Waals surface area contributed by atoms with Gasteiger partial charge in [-0.15, -0.1) is 0 Å². The van der Waals surface area contributed by atoms with Crippen LogP contribution in [0, 0.1) is 5.41 Å². The van der Waals surface area contributed by atoms with Crippen molar-refractivity contribution in [2.45, 2.75) is 58.9 Å². The summed E-state index contributed by atoms with van der Waals surface area (Å²) in [6.45, 7) is 8.41. The van der Waals surface area contributed by atoms with Crippen LogP contribution in [-0.2, 0) is 0 Å². The Morgan fingerprint density at radius 1 is 1.31 bits per heavy atom. The van der Waals surface area contributed by atoms with Crippen molar-refractivity contribution >= 4 is 0 Å². The SMILES string of the molecule is CCC(C)(C)CC1CCCCN1C. The predicted octanol–water partition coefficient (Wildman–Crippen LogP) is 3.30. The molecular formula is C12H25N. The van der Waals surface area contributed by atoms with E-state index in [9.17, 15) is 0 Å². The number of hydrogen-bond donors (Lipinski definition) is 0. The van der Waals surface area contributed by atoms with Crippen molar-refractivity contribution in [3.8, 4) is 0 Å². The molecule has 1 nitrogen and oxygen atoms in total. The van der Waals surface area contributed by atoms with Crippen LogP contribution in [0.3, 0.4) is 0 Å². The van der Waals surface area contributed by atoms with Crippen molar-refractivity contribution in [3.63, 3.8) is 0 Å². The molecule has 0 aromatic heterocycles. The number of rotatable bonds is 3. The molecule has 78 valence electrons. The summed E-state index contributed by atoms with van der Waals surface area (Å²) in [5, 5.41) is 0. The number of hydrogen-bond acceptors (Lipinski definition) is 1. The van der Waals surface area contributed by atoms with E-state index in [0.29, 0.717) is 5.41 Å². The standard InChI is InChI=1S/C12H25N/c1-5-12(2,3)10-11-8-6-7-9-13(11)4/h11H,5-10H2,1-4H3. The first-order chi connectivity index (χ1) is 6.05. The highest BCUT2D eigenvalue weighted by molar-refractivity contribution is 4.80. The summed E-state index contributed by atoms with van der Waals surface area (Å²) in [7, 11) is 2.29.